The van der Waals surface area contributed by atoms with Crippen LogP contribution in [0, 0.1) is 0 Å². The van der Waals surface area contributed by atoms with Crippen LogP contribution in [-0.2, 0) is 18.9 Å². The minimum Gasteiger partial charge on any atom is -0.487 e. The van der Waals surface area contributed by atoms with E-state index in [0.717, 1.165) is 0 Å². The highest BCUT2D eigenvalue weighted by molar-refractivity contribution is 5.85. The Morgan fingerprint density at radius 3 is 1.48 bits per heavy atom. The van der Waals surface area contributed by atoms with E-state index in [1.165, 1.54) is 0 Å². The molecule has 1 heterocycles. The Bertz CT molecular complexity index is 450. The summed E-state index contributed by atoms with van der Waals surface area (Å²) in [6, 6.07) is 5.31. The highest BCUT2D eigenvalue weighted by atomic mass is 35.5. The number of nitrogen functional groups attached to an aromatic ring is 1. The third-order valence-electron chi connectivity index (χ3n) is 3.05. The van der Waals surface area contributed by atoms with Crippen molar-refractivity contribution in [3.8, 4) is 11.5 Å². The molecular formula is C16H28ClNO7. The third kappa shape index (κ3) is 10.3. The molecule has 0 spiro atoms. The van der Waals surface area contributed by atoms with E-state index in [-0.39, 0.29) is 17.9 Å². The molecule has 1 aromatic carbocycles. The van der Waals surface area contributed by atoms with Crippen LogP contribution in [0.4, 0.5) is 5.69 Å². The van der Waals surface area contributed by atoms with Crippen molar-refractivity contribution in [3.05, 3.63) is 18.2 Å². The second-order valence-corrected chi connectivity index (χ2v) is 4.85. The molecule has 25 heavy (non-hydrogen) atoms. The van der Waals surface area contributed by atoms with Gasteiger partial charge in [0.15, 0.2) is 11.5 Å². The van der Waals surface area contributed by atoms with Gasteiger partial charge in [-0.3, -0.25) is 0 Å². The van der Waals surface area contributed by atoms with E-state index in [4.69, 9.17) is 34.2 Å². The largest absolute Gasteiger partial charge is 0.487 e. The molecule has 0 bridgehead atoms. The number of halogens is 1. The molecule has 0 aliphatic carbocycles. The van der Waals surface area contributed by atoms with E-state index in [1.54, 1.807) is 18.2 Å². The van der Waals surface area contributed by atoms with Gasteiger partial charge in [0.2, 0.25) is 0 Å². The highest BCUT2D eigenvalue weighted by Gasteiger charge is 2.06. The first kappa shape index (κ1) is 23.7. The SMILES string of the molecule is Cl.Nc1ccc2c(c1)OCCOCCOCCOCCOCCO2.O. The van der Waals surface area contributed by atoms with E-state index in [1.807, 2.05) is 0 Å². The van der Waals surface area contributed by atoms with E-state index >= 15 is 0 Å². The number of rotatable bonds is 0. The predicted octanol–water partition coefficient (Wildman–Crippen LogP) is 0.703. The standard InChI is InChI=1S/C16H25NO6.ClH.H2O/c17-14-1-2-15-16(13-14)23-12-10-21-8-6-19-4-3-18-5-7-20-9-11-22-15;;/h1-2,13H,3-12,17H2;1H;1H2. The van der Waals surface area contributed by atoms with Gasteiger partial charge < -0.3 is 39.6 Å². The van der Waals surface area contributed by atoms with E-state index in [9.17, 15) is 0 Å². The molecule has 1 aromatic rings. The van der Waals surface area contributed by atoms with Crippen molar-refractivity contribution in [2.24, 2.45) is 0 Å². The van der Waals surface area contributed by atoms with Gasteiger partial charge in [-0.1, -0.05) is 0 Å². The van der Waals surface area contributed by atoms with Crippen molar-refractivity contribution in [1.29, 1.82) is 0 Å². The first-order chi connectivity index (χ1) is 11.4. The van der Waals surface area contributed by atoms with Crippen LogP contribution in [0.2, 0.25) is 0 Å². The molecular weight excluding hydrogens is 354 g/mol. The molecule has 4 N–H and O–H groups in total. The quantitative estimate of drug-likeness (QED) is 0.658. The van der Waals surface area contributed by atoms with Crippen LogP contribution in [0.1, 0.15) is 0 Å². The summed E-state index contributed by atoms with van der Waals surface area (Å²) in [5.41, 5.74) is 6.41. The molecule has 146 valence electrons. The fraction of sp³-hybridized carbons (Fsp3) is 0.625. The molecule has 0 atom stereocenters. The van der Waals surface area contributed by atoms with Gasteiger partial charge in [0.05, 0.1) is 52.9 Å². The summed E-state index contributed by atoms with van der Waals surface area (Å²) in [5.74, 6) is 1.25. The molecule has 0 radical (unpaired) electrons. The number of anilines is 1. The smallest absolute Gasteiger partial charge is 0.163 e. The van der Waals surface area contributed by atoms with Gasteiger partial charge in [-0.25, -0.2) is 0 Å². The maximum atomic E-state index is 5.79. The van der Waals surface area contributed by atoms with Crippen LogP contribution < -0.4 is 15.2 Å². The molecule has 0 unspecified atom stereocenters. The fourth-order valence-corrected chi connectivity index (χ4v) is 1.94. The number of hydrogen-bond acceptors (Lipinski definition) is 7. The lowest BCUT2D eigenvalue weighted by Crippen LogP contribution is -2.16. The normalized spacial score (nSPS) is 17.9. The number of ether oxygens (including phenoxy) is 6. The summed E-state index contributed by atoms with van der Waals surface area (Å²) < 4.78 is 33.0. The first-order valence-corrected chi connectivity index (χ1v) is 7.82. The van der Waals surface area contributed by atoms with Crippen LogP contribution in [0.5, 0.6) is 11.5 Å². The van der Waals surface area contributed by atoms with Crippen molar-refractivity contribution in [3.63, 3.8) is 0 Å². The zero-order valence-electron chi connectivity index (χ0n) is 14.2. The molecule has 1 aliphatic heterocycles. The van der Waals surface area contributed by atoms with Crippen molar-refractivity contribution in [2.75, 3.05) is 71.8 Å². The van der Waals surface area contributed by atoms with Crippen molar-refractivity contribution >= 4 is 18.1 Å². The van der Waals surface area contributed by atoms with Gasteiger partial charge in [-0.15, -0.1) is 12.4 Å². The van der Waals surface area contributed by atoms with Gasteiger partial charge in [0, 0.05) is 11.8 Å². The zero-order valence-corrected chi connectivity index (χ0v) is 15.1. The summed E-state index contributed by atoms with van der Waals surface area (Å²) in [6.45, 7) is 5.02. The molecule has 9 heteroatoms. The summed E-state index contributed by atoms with van der Waals surface area (Å²) in [5, 5.41) is 0. The molecule has 0 fully saturated rings. The Hall–Kier alpha value is -1.29. The molecule has 8 nitrogen and oxygen atoms in total. The van der Waals surface area contributed by atoms with Gasteiger partial charge in [-0.2, -0.15) is 0 Å². The molecule has 2 rings (SSSR count). The second kappa shape index (κ2) is 15.0. The van der Waals surface area contributed by atoms with Crippen LogP contribution in [0.25, 0.3) is 0 Å². The van der Waals surface area contributed by atoms with Crippen LogP contribution in [0.15, 0.2) is 18.2 Å². The lowest BCUT2D eigenvalue weighted by molar-refractivity contribution is -0.00841. The summed E-state index contributed by atoms with van der Waals surface area (Å²) >= 11 is 0. The highest BCUT2D eigenvalue weighted by Crippen LogP contribution is 2.29. The van der Waals surface area contributed by atoms with Gasteiger partial charge >= 0.3 is 0 Å². The van der Waals surface area contributed by atoms with Crippen LogP contribution >= 0.6 is 12.4 Å². The van der Waals surface area contributed by atoms with Gasteiger partial charge in [0.25, 0.3) is 0 Å². The van der Waals surface area contributed by atoms with Crippen LogP contribution in [0.3, 0.4) is 0 Å². The monoisotopic (exact) mass is 381 g/mol. The van der Waals surface area contributed by atoms with E-state index in [2.05, 4.69) is 0 Å². The zero-order chi connectivity index (χ0) is 16.2. The average molecular weight is 382 g/mol. The average Bonchev–Trinajstić information content (AvgIpc) is 2.55. The van der Waals surface area contributed by atoms with Gasteiger partial charge in [0.1, 0.15) is 13.2 Å². The van der Waals surface area contributed by atoms with Crippen LogP contribution in [-0.4, -0.2) is 71.5 Å². The van der Waals surface area contributed by atoms with Crippen molar-refractivity contribution < 1.29 is 33.9 Å². The molecule has 0 saturated heterocycles. The van der Waals surface area contributed by atoms with Crippen molar-refractivity contribution in [1.82, 2.24) is 0 Å². The number of nitrogens with two attached hydrogens (primary N) is 1. The molecule has 0 amide bonds. The maximum Gasteiger partial charge on any atom is 0.163 e. The minimum absolute atomic E-state index is 0. The summed E-state index contributed by atoms with van der Waals surface area (Å²) in [6.07, 6.45) is 0. The van der Waals surface area contributed by atoms with E-state index in [0.29, 0.717) is 83.3 Å². The number of hydrogen-bond donors (Lipinski definition) is 1. The number of fused-ring (bicyclic) bond motifs is 1. The predicted molar refractivity (Wildman–Crippen MR) is 96.0 cm³/mol. The fourth-order valence-electron chi connectivity index (χ4n) is 1.94. The minimum atomic E-state index is 0. The third-order valence-corrected chi connectivity index (χ3v) is 3.05. The molecule has 0 saturated carbocycles. The molecule has 0 aromatic heterocycles. The van der Waals surface area contributed by atoms with Crippen molar-refractivity contribution in [2.45, 2.75) is 0 Å². The Morgan fingerprint density at radius 2 is 1.00 bits per heavy atom. The number of benzene rings is 1. The second-order valence-electron chi connectivity index (χ2n) is 4.85. The summed E-state index contributed by atoms with van der Waals surface area (Å²) in [4.78, 5) is 0. The lowest BCUT2D eigenvalue weighted by Gasteiger charge is -2.14. The van der Waals surface area contributed by atoms with E-state index < -0.39 is 0 Å². The Labute approximate surface area is 154 Å². The lowest BCUT2D eigenvalue weighted by atomic mass is 10.3. The maximum absolute atomic E-state index is 5.79. The molecule has 1 aliphatic rings. The first-order valence-electron chi connectivity index (χ1n) is 7.82. The topological polar surface area (TPSA) is 113 Å². The Kier molecular flexibility index (Phi) is 14.2. The Balaban J connectivity index is 0.00000288. The van der Waals surface area contributed by atoms with Gasteiger partial charge in [-0.05, 0) is 12.1 Å². The Morgan fingerprint density at radius 1 is 0.600 bits per heavy atom. The summed E-state index contributed by atoms with van der Waals surface area (Å²) in [7, 11) is 0.